The molecule has 3 saturated heterocycles. The maximum absolute atomic E-state index is 13.2. The van der Waals surface area contributed by atoms with Crippen molar-refractivity contribution in [2.75, 3.05) is 44.2 Å². The van der Waals surface area contributed by atoms with Gasteiger partial charge in [-0.25, -0.2) is 4.79 Å². The number of urea groups is 1. The van der Waals surface area contributed by atoms with Crippen LogP contribution in [0.1, 0.15) is 44.1 Å². The maximum atomic E-state index is 13.2. The number of carbonyl (C=O) groups is 2. The van der Waals surface area contributed by atoms with Crippen molar-refractivity contribution < 1.29 is 14.3 Å². The summed E-state index contributed by atoms with van der Waals surface area (Å²) in [4.78, 5) is 31.5. The second kappa shape index (κ2) is 7.38. The predicted molar refractivity (Wildman–Crippen MR) is 119 cm³/mol. The van der Waals surface area contributed by atoms with Gasteiger partial charge in [0, 0.05) is 67.2 Å². The molecule has 7 heteroatoms. The molecule has 6 nitrogen and oxygen atoms in total. The van der Waals surface area contributed by atoms with Crippen molar-refractivity contribution in [3.05, 3.63) is 28.8 Å². The van der Waals surface area contributed by atoms with Gasteiger partial charge in [-0.1, -0.05) is 11.6 Å². The topological polar surface area (TPSA) is 53.1 Å². The summed E-state index contributed by atoms with van der Waals surface area (Å²) < 4.78 is 5.68. The summed E-state index contributed by atoms with van der Waals surface area (Å²) in [5, 5.41) is 0.834. The molecule has 0 bridgehead atoms. The van der Waals surface area contributed by atoms with Gasteiger partial charge < -0.3 is 19.4 Å². The van der Waals surface area contributed by atoms with Gasteiger partial charge in [0.25, 0.3) is 0 Å². The first-order valence-corrected chi connectivity index (χ1v) is 12.1. The van der Waals surface area contributed by atoms with Crippen molar-refractivity contribution in [2.24, 2.45) is 5.92 Å². The normalized spacial score (nSPS) is 29.8. The van der Waals surface area contributed by atoms with Crippen molar-refractivity contribution >= 4 is 29.1 Å². The number of halogens is 1. The number of carbonyl (C=O) groups excluding carboxylic acids is 2. The van der Waals surface area contributed by atoms with Gasteiger partial charge in [-0.2, -0.15) is 0 Å². The largest absolute Gasteiger partial charge is 0.370 e. The van der Waals surface area contributed by atoms with E-state index in [2.05, 4.69) is 17.0 Å². The van der Waals surface area contributed by atoms with Crippen molar-refractivity contribution in [3.8, 4) is 0 Å². The lowest BCUT2D eigenvalue weighted by Gasteiger charge is -2.44. The predicted octanol–water partition coefficient (Wildman–Crippen LogP) is 3.46. The average Bonchev–Trinajstić information content (AvgIpc) is 3.50. The van der Waals surface area contributed by atoms with E-state index in [1.807, 2.05) is 15.9 Å². The molecule has 4 fully saturated rings. The third-order valence-corrected chi connectivity index (χ3v) is 8.46. The van der Waals surface area contributed by atoms with E-state index in [4.69, 9.17) is 16.3 Å². The number of nitrogens with zero attached hydrogens (tertiary/aromatic N) is 3. The minimum Gasteiger partial charge on any atom is -0.370 e. The van der Waals surface area contributed by atoms with Crippen LogP contribution in [-0.4, -0.2) is 73.1 Å². The fourth-order valence-electron chi connectivity index (χ4n) is 6.30. The SMILES string of the molecule is O=C1CO[C@H]2CCN(C(=O)N3CCC(N4CC5(CC5)c5cc(Cl)ccc54)CC3)C[C@H]2C1. The molecule has 0 unspecified atom stereocenters. The van der Waals surface area contributed by atoms with Crippen molar-refractivity contribution in [2.45, 2.75) is 56.1 Å². The summed E-state index contributed by atoms with van der Waals surface area (Å²) >= 11 is 6.30. The Balaban J connectivity index is 1.09. The van der Waals surface area contributed by atoms with Crippen LogP contribution in [0.4, 0.5) is 10.5 Å². The molecule has 1 saturated carbocycles. The van der Waals surface area contributed by atoms with Crippen LogP contribution >= 0.6 is 11.6 Å². The van der Waals surface area contributed by atoms with E-state index in [1.54, 1.807) is 0 Å². The lowest BCUT2D eigenvalue weighted by Crippen LogP contribution is -2.55. The molecule has 1 aromatic carbocycles. The number of hydrogen-bond donors (Lipinski definition) is 0. The number of fused-ring (bicyclic) bond motifs is 3. The van der Waals surface area contributed by atoms with Crippen LogP contribution in [0, 0.1) is 5.92 Å². The maximum Gasteiger partial charge on any atom is 0.320 e. The van der Waals surface area contributed by atoms with E-state index >= 15 is 0 Å². The van der Waals surface area contributed by atoms with Crippen LogP contribution in [0.25, 0.3) is 0 Å². The fourth-order valence-corrected chi connectivity index (χ4v) is 6.48. The van der Waals surface area contributed by atoms with Gasteiger partial charge >= 0.3 is 6.03 Å². The Morgan fingerprint density at radius 3 is 2.65 bits per heavy atom. The Kier molecular flexibility index (Phi) is 4.73. The molecular weight excluding hydrogens is 414 g/mol. The van der Waals surface area contributed by atoms with Gasteiger partial charge in [-0.15, -0.1) is 0 Å². The first-order chi connectivity index (χ1) is 15.0. The highest BCUT2D eigenvalue weighted by Gasteiger charge is 2.53. The minimum atomic E-state index is 0.141. The van der Waals surface area contributed by atoms with Gasteiger partial charge in [0.15, 0.2) is 5.78 Å². The van der Waals surface area contributed by atoms with Crippen molar-refractivity contribution in [1.29, 1.82) is 0 Å². The minimum absolute atomic E-state index is 0.141. The molecule has 0 aromatic heterocycles. The standard InChI is InChI=1S/C24H30ClN3O3/c25-17-1-2-21-20(12-17)24(6-7-24)15-28(21)18-3-8-26(9-4-18)23(30)27-10-5-22-16(13-27)11-19(29)14-31-22/h1-2,12,16,18,22H,3-11,13-15H2/t16-,22+/m1/s1. The molecule has 4 aliphatic heterocycles. The van der Waals surface area contributed by atoms with Crippen LogP contribution in [0.15, 0.2) is 18.2 Å². The first-order valence-electron chi connectivity index (χ1n) is 11.8. The number of ketones is 1. The summed E-state index contributed by atoms with van der Waals surface area (Å²) in [6, 6.07) is 7.00. The number of ether oxygens (including phenoxy) is 1. The van der Waals surface area contributed by atoms with Gasteiger partial charge in [-0.05, 0) is 55.9 Å². The number of anilines is 1. The lowest BCUT2D eigenvalue weighted by molar-refractivity contribution is -0.139. The number of amides is 2. The zero-order valence-corrected chi connectivity index (χ0v) is 18.6. The van der Waals surface area contributed by atoms with Gasteiger partial charge in [-0.3, -0.25) is 4.79 Å². The summed E-state index contributed by atoms with van der Waals surface area (Å²) in [6.45, 7) is 4.33. The van der Waals surface area contributed by atoms with E-state index in [9.17, 15) is 9.59 Å². The highest BCUT2D eigenvalue weighted by atomic mass is 35.5. The molecule has 4 heterocycles. The molecule has 1 aromatic rings. The van der Waals surface area contributed by atoms with E-state index in [0.29, 0.717) is 24.4 Å². The zero-order chi connectivity index (χ0) is 21.2. The smallest absolute Gasteiger partial charge is 0.320 e. The molecule has 31 heavy (non-hydrogen) atoms. The van der Waals surface area contributed by atoms with Crippen LogP contribution in [-0.2, 0) is 14.9 Å². The monoisotopic (exact) mass is 443 g/mol. The Morgan fingerprint density at radius 1 is 1.10 bits per heavy atom. The summed E-state index contributed by atoms with van der Waals surface area (Å²) in [6.07, 6.45) is 6.07. The fraction of sp³-hybridized carbons (Fsp3) is 0.667. The second-order valence-electron chi connectivity index (χ2n) is 10.2. The summed E-state index contributed by atoms with van der Waals surface area (Å²) in [7, 11) is 0. The first kappa shape index (κ1) is 19.9. The summed E-state index contributed by atoms with van der Waals surface area (Å²) in [5.74, 6) is 0.330. The van der Waals surface area contributed by atoms with Crippen LogP contribution < -0.4 is 4.90 Å². The number of piperidine rings is 2. The lowest BCUT2D eigenvalue weighted by atomic mass is 9.88. The third kappa shape index (κ3) is 3.43. The van der Waals surface area contributed by atoms with Crippen LogP contribution in [0.3, 0.4) is 0 Å². The zero-order valence-electron chi connectivity index (χ0n) is 17.9. The number of Topliss-reactive ketones (excluding diaryl/α,β-unsaturated/α-hetero) is 1. The molecule has 0 radical (unpaired) electrons. The van der Waals surface area contributed by atoms with E-state index < -0.39 is 0 Å². The highest BCUT2D eigenvalue weighted by Crippen LogP contribution is 2.57. The number of hydrogen-bond acceptors (Lipinski definition) is 4. The van der Waals surface area contributed by atoms with Crippen molar-refractivity contribution in [3.63, 3.8) is 0 Å². The number of benzene rings is 1. The Hall–Kier alpha value is -1.79. The average molecular weight is 444 g/mol. The Morgan fingerprint density at radius 2 is 1.87 bits per heavy atom. The molecule has 0 N–H and O–H groups in total. The number of rotatable bonds is 1. The molecule has 2 amide bonds. The summed E-state index contributed by atoms with van der Waals surface area (Å²) in [5.41, 5.74) is 3.12. The molecule has 2 atom stereocenters. The molecular formula is C24H30ClN3O3. The van der Waals surface area contributed by atoms with Gasteiger partial charge in [0.1, 0.15) is 6.61 Å². The molecule has 166 valence electrons. The van der Waals surface area contributed by atoms with Crippen molar-refractivity contribution in [1.82, 2.24) is 9.80 Å². The van der Waals surface area contributed by atoms with E-state index in [-0.39, 0.29) is 30.4 Å². The Bertz CT molecular complexity index is 909. The Labute approximate surface area is 188 Å². The van der Waals surface area contributed by atoms with E-state index in [0.717, 1.165) is 50.5 Å². The third-order valence-electron chi connectivity index (χ3n) is 8.22. The molecule has 1 aliphatic carbocycles. The quantitative estimate of drug-likeness (QED) is 0.667. The molecule has 1 spiro atoms. The van der Waals surface area contributed by atoms with Crippen LogP contribution in [0.5, 0.6) is 0 Å². The second-order valence-corrected chi connectivity index (χ2v) is 10.6. The van der Waals surface area contributed by atoms with E-state index in [1.165, 1.54) is 24.1 Å². The molecule has 5 aliphatic rings. The van der Waals surface area contributed by atoms with Gasteiger partial charge in [0.2, 0.25) is 0 Å². The van der Waals surface area contributed by atoms with Crippen LogP contribution in [0.2, 0.25) is 5.02 Å². The highest BCUT2D eigenvalue weighted by molar-refractivity contribution is 6.30. The molecule has 6 rings (SSSR count). The van der Waals surface area contributed by atoms with Gasteiger partial charge in [0.05, 0.1) is 6.10 Å². The number of likely N-dealkylation sites (tertiary alicyclic amines) is 2.